The summed E-state index contributed by atoms with van der Waals surface area (Å²) < 4.78 is 5.18. The first-order chi connectivity index (χ1) is 7.59. The van der Waals surface area contributed by atoms with Gasteiger partial charge in [0.05, 0.1) is 6.26 Å². The van der Waals surface area contributed by atoms with Gasteiger partial charge in [0.25, 0.3) is 0 Å². The molecule has 1 heterocycles. The fourth-order valence-corrected chi connectivity index (χ4v) is 1.67. The summed E-state index contributed by atoms with van der Waals surface area (Å²) in [4.78, 5) is 12.1. The zero-order valence-corrected chi connectivity index (χ0v) is 9.28. The molecule has 0 saturated heterocycles. The van der Waals surface area contributed by atoms with E-state index in [1.54, 1.807) is 24.3 Å². The maximum Gasteiger partial charge on any atom is 0.228 e. The monoisotopic (exact) mass is 215 g/mol. The van der Waals surface area contributed by atoms with Gasteiger partial charge in [-0.25, -0.2) is 0 Å². The highest BCUT2D eigenvalue weighted by Crippen LogP contribution is 2.19. The minimum absolute atomic E-state index is 0.0972. The number of anilines is 1. The molecule has 0 fully saturated rings. The zero-order chi connectivity index (χ0) is 11.7. The van der Waals surface area contributed by atoms with Gasteiger partial charge in [0, 0.05) is 11.3 Å². The summed E-state index contributed by atoms with van der Waals surface area (Å²) in [6, 6.07) is 7.01. The number of hydrogen-bond donors (Lipinski definition) is 1. The molecule has 0 aliphatic heterocycles. The molecule has 0 unspecified atom stereocenters. The second-order valence-electron chi connectivity index (χ2n) is 3.84. The fourth-order valence-electron chi connectivity index (χ4n) is 1.67. The van der Waals surface area contributed by atoms with E-state index in [9.17, 15) is 4.79 Å². The van der Waals surface area contributed by atoms with Gasteiger partial charge in [-0.1, -0.05) is 0 Å². The van der Waals surface area contributed by atoms with Crippen LogP contribution in [-0.4, -0.2) is 5.78 Å². The molecular formula is C13H13NO2. The second-order valence-corrected chi connectivity index (χ2v) is 3.84. The molecule has 0 radical (unpaired) electrons. The van der Waals surface area contributed by atoms with E-state index in [1.165, 1.54) is 6.26 Å². The number of ketones is 1. The molecule has 0 atom stereocenters. The predicted octanol–water partition coefficient (Wildman–Crippen LogP) is 2.71. The van der Waals surface area contributed by atoms with Crippen LogP contribution in [0.5, 0.6) is 0 Å². The number of carbonyl (C=O) groups is 1. The van der Waals surface area contributed by atoms with Gasteiger partial charge in [-0.15, -0.1) is 0 Å². The molecule has 0 spiro atoms. The Bertz CT molecular complexity index is 541. The number of furan rings is 1. The summed E-state index contributed by atoms with van der Waals surface area (Å²) in [7, 11) is 0. The van der Waals surface area contributed by atoms with Crippen LogP contribution < -0.4 is 5.73 Å². The molecule has 3 nitrogen and oxygen atoms in total. The van der Waals surface area contributed by atoms with Gasteiger partial charge in [0.1, 0.15) is 0 Å². The van der Waals surface area contributed by atoms with Crippen LogP contribution in [0, 0.1) is 13.8 Å². The Morgan fingerprint density at radius 3 is 2.50 bits per heavy atom. The SMILES string of the molecule is Cc1cc(N)ccc1C(=O)c1occc1C. The summed E-state index contributed by atoms with van der Waals surface area (Å²) in [5, 5.41) is 0. The minimum Gasteiger partial charge on any atom is -0.461 e. The molecule has 2 rings (SSSR count). The van der Waals surface area contributed by atoms with Gasteiger partial charge in [-0.2, -0.15) is 0 Å². The van der Waals surface area contributed by atoms with Crippen LogP contribution in [0.1, 0.15) is 27.2 Å². The average Bonchev–Trinajstić information content (AvgIpc) is 2.63. The molecule has 2 N–H and O–H groups in total. The third kappa shape index (κ3) is 1.72. The maximum atomic E-state index is 12.1. The van der Waals surface area contributed by atoms with Crippen LogP contribution in [0.25, 0.3) is 0 Å². The van der Waals surface area contributed by atoms with Gasteiger partial charge >= 0.3 is 0 Å². The number of carbonyl (C=O) groups excluding carboxylic acids is 1. The molecule has 0 aliphatic carbocycles. The van der Waals surface area contributed by atoms with Gasteiger partial charge in [-0.05, 0) is 49.2 Å². The van der Waals surface area contributed by atoms with Crippen LogP contribution in [0.15, 0.2) is 34.9 Å². The van der Waals surface area contributed by atoms with E-state index in [0.29, 0.717) is 17.0 Å². The summed E-state index contributed by atoms with van der Waals surface area (Å²) in [5.41, 5.74) is 8.64. The van der Waals surface area contributed by atoms with Crippen molar-refractivity contribution in [3.8, 4) is 0 Å². The lowest BCUT2D eigenvalue weighted by molar-refractivity contribution is 0.101. The third-order valence-corrected chi connectivity index (χ3v) is 2.56. The number of aryl methyl sites for hydroxylation is 2. The zero-order valence-electron chi connectivity index (χ0n) is 9.28. The highest BCUT2D eigenvalue weighted by atomic mass is 16.3. The Hall–Kier alpha value is -2.03. The van der Waals surface area contributed by atoms with E-state index in [0.717, 1.165) is 11.1 Å². The quantitative estimate of drug-likeness (QED) is 0.619. The Morgan fingerprint density at radius 2 is 1.94 bits per heavy atom. The van der Waals surface area contributed by atoms with E-state index < -0.39 is 0 Å². The van der Waals surface area contributed by atoms with Crippen molar-refractivity contribution < 1.29 is 9.21 Å². The molecule has 0 saturated carbocycles. The predicted molar refractivity (Wildman–Crippen MR) is 62.5 cm³/mol. The molecule has 0 bridgehead atoms. The molecular weight excluding hydrogens is 202 g/mol. The van der Waals surface area contributed by atoms with Crippen molar-refractivity contribution in [2.24, 2.45) is 0 Å². The Kier molecular flexibility index (Phi) is 2.52. The fraction of sp³-hybridized carbons (Fsp3) is 0.154. The molecule has 0 aliphatic rings. The summed E-state index contributed by atoms with van der Waals surface area (Å²) in [6.45, 7) is 3.71. The van der Waals surface area contributed by atoms with Crippen molar-refractivity contribution in [2.45, 2.75) is 13.8 Å². The van der Waals surface area contributed by atoms with E-state index >= 15 is 0 Å². The van der Waals surface area contributed by atoms with Crippen LogP contribution in [0.4, 0.5) is 5.69 Å². The first kappa shape index (κ1) is 10.5. The van der Waals surface area contributed by atoms with E-state index in [-0.39, 0.29) is 5.78 Å². The van der Waals surface area contributed by atoms with Gasteiger partial charge in [-0.3, -0.25) is 4.79 Å². The second kappa shape index (κ2) is 3.85. The summed E-state index contributed by atoms with van der Waals surface area (Å²) >= 11 is 0. The molecule has 3 heteroatoms. The normalized spacial score (nSPS) is 10.4. The molecule has 2 aromatic rings. The van der Waals surface area contributed by atoms with Gasteiger partial charge in [0.15, 0.2) is 5.76 Å². The Balaban J connectivity index is 2.46. The minimum atomic E-state index is -0.0972. The molecule has 16 heavy (non-hydrogen) atoms. The van der Waals surface area contributed by atoms with Crippen LogP contribution in [0.2, 0.25) is 0 Å². The topological polar surface area (TPSA) is 56.2 Å². The first-order valence-electron chi connectivity index (χ1n) is 5.04. The molecule has 82 valence electrons. The van der Waals surface area contributed by atoms with Crippen LogP contribution in [-0.2, 0) is 0 Å². The largest absolute Gasteiger partial charge is 0.461 e. The number of nitrogen functional groups attached to an aromatic ring is 1. The van der Waals surface area contributed by atoms with Crippen LogP contribution >= 0.6 is 0 Å². The smallest absolute Gasteiger partial charge is 0.228 e. The lowest BCUT2D eigenvalue weighted by Crippen LogP contribution is -2.04. The van der Waals surface area contributed by atoms with Crippen molar-refractivity contribution in [1.82, 2.24) is 0 Å². The van der Waals surface area contributed by atoms with Crippen LogP contribution in [0.3, 0.4) is 0 Å². The van der Waals surface area contributed by atoms with Crippen molar-refractivity contribution in [3.63, 3.8) is 0 Å². The van der Waals surface area contributed by atoms with E-state index in [4.69, 9.17) is 10.2 Å². The average molecular weight is 215 g/mol. The molecule has 1 aromatic heterocycles. The third-order valence-electron chi connectivity index (χ3n) is 2.56. The number of hydrogen-bond acceptors (Lipinski definition) is 3. The van der Waals surface area contributed by atoms with E-state index in [2.05, 4.69) is 0 Å². The maximum absolute atomic E-state index is 12.1. The number of benzene rings is 1. The summed E-state index contributed by atoms with van der Waals surface area (Å²) in [6.07, 6.45) is 1.52. The Labute approximate surface area is 93.9 Å². The number of rotatable bonds is 2. The van der Waals surface area contributed by atoms with E-state index in [1.807, 2.05) is 13.8 Å². The lowest BCUT2D eigenvalue weighted by atomic mass is 10.0. The standard InChI is InChI=1S/C13H13NO2/c1-8-5-6-16-13(8)12(15)11-4-3-10(14)7-9(11)2/h3-7H,14H2,1-2H3. The summed E-state index contributed by atoms with van der Waals surface area (Å²) in [5.74, 6) is 0.299. The van der Waals surface area contributed by atoms with Crippen molar-refractivity contribution >= 4 is 11.5 Å². The first-order valence-corrected chi connectivity index (χ1v) is 5.04. The Morgan fingerprint density at radius 1 is 1.19 bits per heavy atom. The number of nitrogens with two attached hydrogens (primary N) is 1. The molecule has 1 aromatic carbocycles. The highest BCUT2D eigenvalue weighted by molar-refractivity contribution is 6.09. The van der Waals surface area contributed by atoms with Gasteiger partial charge < -0.3 is 10.2 Å². The van der Waals surface area contributed by atoms with Crippen molar-refractivity contribution in [1.29, 1.82) is 0 Å². The lowest BCUT2D eigenvalue weighted by Gasteiger charge is -2.04. The molecule has 0 amide bonds. The van der Waals surface area contributed by atoms with Crippen molar-refractivity contribution in [2.75, 3.05) is 5.73 Å². The van der Waals surface area contributed by atoms with Gasteiger partial charge in [0.2, 0.25) is 5.78 Å². The highest BCUT2D eigenvalue weighted by Gasteiger charge is 2.16. The van der Waals surface area contributed by atoms with Crippen molar-refractivity contribution in [3.05, 3.63) is 53.0 Å².